The summed E-state index contributed by atoms with van der Waals surface area (Å²) in [4.78, 5) is 14.8. The zero-order valence-electron chi connectivity index (χ0n) is 9.53. The number of anilines is 2. The second kappa shape index (κ2) is 5.64. The molecule has 0 heterocycles. The van der Waals surface area contributed by atoms with Crippen LogP contribution in [0.1, 0.15) is 18.9 Å². The molecule has 6 heteroatoms. The maximum absolute atomic E-state index is 11.2. The fourth-order valence-electron chi connectivity index (χ4n) is 1.22. The Labute approximate surface area is 99.2 Å². The molecule has 1 aromatic rings. The Morgan fingerprint density at radius 3 is 2.82 bits per heavy atom. The first-order valence-electron chi connectivity index (χ1n) is 5.10. The van der Waals surface area contributed by atoms with Gasteiger partial charge in [0.25, 0.3) is 0 Å². The van der Waals surface area contributed by atoms with Crippen molar-refractivity contribution < 1.29 is 4.79 Å². The number of hydrogen-bond donors (Lipinski definition) is 4. The molecule has 1 aromatic carbocycles. The van der Waals surface area contributed by atoms with E-state index in [1.807, 2.05) is 0 Å². The van der Waals surface area contributed by atoms with E-state index in [0.29, 0.717) is 23.4 Å². The van der Waals surface area contributed by atoms with E-state index in [9.17, 15) is 4.79 Å². The smallest absolute Gasteiger partial charge is 0.224 e. The number of benzene rings is 1. The van der Waals surface area contributed by atoms with Crippen LogP contribution in [-0.4, -0.2) is 18.1 Å². The van der Waals surface area contributed by atoms with E-state index in [1.54, 1.807) is 25.1 Å². The van der Waals surface area contributed by atoms with Crippen LogP contribution in [0.5, 0.6) is 0 Å². The summed E-state index contributed by atoms with van der Waals surface area (Å²) >= 11 is 0. The Morgan fingerprint density at radius 1 is 1.59 bits per heavy atom. The number of carbonyl (C=O) groups excluding carboxylic acids is 1. The van der Waals surface area contributed by atoms with Crippen molar-refractivity contribution in [3.63, 3.8) is 0 Å². The van der Waals surface area contributed by atoms with Crippen LogP contribution in [-0.2, 0) is 4.79 Å². The monoisotopic (exact) mass is 233 g/mol. The number of aliphatic imine (C=N–C) groups is 1. The lowest BCUT2D eigenvalue weighted by Gasteiger charge is -2.08. The van der Waals surface area contributed by atoms with Gasteiger partial charge < -0.3 is 16.8 Å². The van der Waals surface area contributed by atoms with Gasteiger partial charge in [-0.2, -0.15) is 0 Å². The first-order chi connectivity index (χ1) is 8.08. The van der Waals surface area contributed by atoms with Gasteiger partial charge in [-0.1, -0.05) is 6.92 Å². The number of nitrogens with one attached hydrogen (secondary N) is 2. The van der Waals surface area contributed by atoms with Crippen molar-refractivity contribution in [3.8, 4) is 0 Å². The number of nitrogens with zero attached hydrogens (tertiary/aromatic N) is 1. The molecule has 0 radical (unpaired) electrons. The molecule has 0 unspecified atom stereocenters. The molecule has 6 nitrogen and oxygen atoms in total. The van der Waals surface area contributed by atoms with Gasteiger partial charge in [-0.15, -0.1) is 0 Å². The number of nitrogen functional groups attached to an aromatic ring is 1. The minimum atomic E-state index is -0.106. The highest BCUT2D eigenvalue weighted by Gasteiger charge is 2.05. The van der Waals surface area contributed by atoms with Crippen LogP contribution in [0.2, 0.25) is 0 Å². The second-order valence-corrected chi connectivity index (χ2v) is 3.35. The van der Waals surface area contributed by atoms with Gasteiger partial charge in [0.1, 0.15) is 12.2 Å². The van der Waals surface area contributed by atoms with E-state index in [-0.39, 0.29) is 11.7 Å². The molecule has 0 aliphatic carbocycles. The predicted molar refractivity (Wildman–Crippen MR) is 69.3 cm³/mol. The zero-order valence-corrected chi connectivity index (χ0v) is 9.53. The molecular weight excluding hydrogens is 218 g/mol. The molecule has 0 aromatic heterocycles. The van der Waals surface area contributed by atoms with Crippen LogP contribution in [0.15, 0.2) is 23.2 Å². The largest absolute Gasteiger partial charge is 0.397 e. The van der Waals surface area contributed by atoms with Crippen LogP contribution in [0, 0.1) is 5.41 Å². The third-order valence-corrected chi connectivity index (χ3v) is 2.15. The third-order valence-electron chi connectivity index (χ3n) is 2.15. The van der Waals surface area contributed by atoms with Crippen LogP contribution in [0.3, 0.4) is 0 Å². The summed E-state index contributed by atoms with van der Waals surface area (Å²) in [6.45, 7) is 1.76. The van der Waals surface area contributed by atoms with Crippen molar-refractivity contribution in [2.24, 2.45) is 10.7 Å². The Morgan fingerprint density at radius 2 is 2.29 bits per heavy atom. The van der Waals surface area contributed by atoms with Crippen molar-refractivity contribution >= 4 is 29.5 Å². The van der Waals surface area contributed by atoms with E-state index in [0.717, 1.165) is 6.34 Å². The fourth-order valence-corrected chi connectivity index (χ4v) is 1.22. The Hall–Kier alpha value is -2.37. The van der Waals surface area contributed by atoms with E-state index >= 15 is 0 Å². The number of hydrogen-bond acceptors (Lipinski definition) is 3. The summed E-state index contributed by atoms with van der Waals surface area (Å²) in [7, 11) is 0. The molecule has 6 N–H and O–H groups in total. The molecule has 0 atom stereocenters. The molecule has 0 aliphatic rings. The molecule has 17 heavy (non-hydrogen) atoms. The van der Waals surface area contributed by atoms with Crippen molar-refractivity contribution in [3.05, 3.63) is 23.8 Å². The predicted octanol–water partition coefficient (Wildman–Crippen LogP) is 0.930. The van der Waals surface area contributed by atoms with Crippen LogP contribution in [0.25, 0.3) is 0 Å². The van der Waals surface area contributed by atoms with Gasteiger partial charge in [0, 0.05) is 12.0 Å². The fraction of sp³-hybridized carbons (Fsp3) is 0.182. The van der Waals surface area contributed by atoms with Crippen molar-refractivity contribution in [1.29, 1.82) is 5.41 Å². The number of rotatable bonds is 4. The number of carbonyl (C=O) groups is 1. The molecule has 0 aliphatic heterocycles. The highest BCUT2D eigenvalue weighted by molar-refractivity contribution is 6.03. The normalized spacial score (nSPS) is 11.0. The summed E-state index contributed by atoms with van der Waals surface area (Å²) in [5.74, 6) is 0.102. The van der Waals surface area contributed by atoms with Gasteiger partial charge in [0.2, 0.25) is 5.91 Å². The molecule has 1 rings (SSSR count). The molecular formula is C11H15N5O. The maximum atomic E-state index is 11.2. The quantitative estimate of drug-likeness (QED) is 0.352. The minimum Gasteiger partial charge on any atom is -0.397 e. The molecule has 90 valence electrons. The van der Waals surface area contributed by atoms with Crippen molar-refractivity contribution in [2.45, 2.75) is 13.3 Å². The van der Waals surface area contributed by atoms with Crippen LogP contribution >= 0.6 is 0 Å². The van der Waals surface area contributed by atoms with Gasteiger partial charge in [-0.3, -0.25) is 10.2 Å². The summed E-state index contributed by atoms with van der Waals surface area (Å²) in [5, 5.41) is 9.48. The van der Waals surface area contributed by atoms with Gasteiger partial charge in [-0.25, -0.2) is 4.99 Å². The van der Waals surface area contributed by atoms with E-state index in [2.05, 4.69) is 10.3 Å². The van der Waals surface area contributed by atoms with Crippen LogP contribution in [0.4, 0.5) is 11.4 Å². The van der Waals surface area contributed by atoms with Gasteiger partial charge >= 0.3 is 0 Å². The van der Waals surface area contributed by atoms with Crippen molar-refractivity contribution in [1.82, 2.24) is 0 Å². The lowest BCUT2D eigenvalue weighted by Crippen LogP contribution is -2.15. The van der Waals surface area contributed by atoms with Crippen molar-refractivity contribution in [2.75, 3.05) is 11.1 Å². The molecule has 1 amide bonds. The average Bonchev–Trinajstić information content (AvgIpc) is 2.31. The number of nitrogens with two attached hydrogens (primary N) is 2. The van der Waals surface area contributed by atoms with E-state index in [4.69, 9.17) is 16.9 Å². The Balaban J connectivity index is 2.97. The van der Waals surface area contributed by atoms with E-state index in [1.165, 1.54) is 0 Å². The minimum absolute atomic E-state index is 0.106. The zero-order chi connectivity index (χ0) is 12.8. The topological polar surface area (TPSA) is 117 Å². The number of amides is 1. The summed E-state index contributed by atoms with van der Waals surface area (Å²) in [6, 6.07) is 4.95. The summed E-state index contributed by atoms with van der Waals surface area (Å²) in [5.41, 5.74) is 12.9. The number of amidine groups is 1. The van der Waals surface area contributed by atoms with Gasteiger partial charge in [0.05, 0.1) is 11.4 Å². The SMILES string of the molecule is CCC(=O)Nc1ccc(C(N)=NC=N)cc1N. The lowest BCUT2D eigenvalue weighted by molar-refractivity contribution is -0.115. The van der Waals surface area contributed by atoms with Gasteiger partial charge in [0.15, 0.2) is 0 Å². The summed E-state index contributed by atoms with van der Waals surface area (Å²) in [6.07, 6.45) is 1.25. The lowest BCUT2D eigenvalue weighted by atomic mass is 10.1. The van der Waals surface area contributed by atoms with Gasteiger partial charge in [-0.05, 0) is 18.2 Å². The standard InChI is InChI=1S/C11H15N5O/c1-2-10(17)16-9-4-3-7(5-8(9)13)11(14)15-6-12/h3-6H,2,13H2,1H3,(H,16,17)(H3,12,14,15). The Kier molecular flexibility index (Phi) is 4.21. The first-order valence-corrected chi connectivity index (χ1v) is 5.10. The van der Waals surface area contributed by atoms with E-state index < -0.39 is 0 Å². The molecule has 0 fully saturated rings. The molecule has 0 spiro atoms. The molecule has 0 bridgehead atoms. The molecule has 0 saturated carbocycles. The Bertz CT molecular complexity index is 467. The molecule has 0 saturated heterocycles. The highest BCUT2D eigenvalue weighted by Crippen LogP contribution is 2.19. The first kappa shape index (κ1) is 12.7. The second-order valence-electron chi connectivity index (χ2n) is 3.35. The third kappa shape index (κ3) is 3.30. The maximum Gasteiger partial charge on any atom is 0.224 e. The highest BCUT2D eigenvalue weighted by atomic mass is 16.1. The summed E-state index contributed by atoms with van der Waals surface area (Å²) < 4.78 is 0. The van der Waals surface area contributed by atoms with Crippen LogP contribution < -0.4 is 16.8 Å². The average molecular weight is 233 g/mol.